The first-order valence-electron chi connectivity index (χ1n) is 8.83. The van der Waals surface area contributed by atoms with Crippen LogP contribution in [0.1, 0.15) is 22.3 Å². The summed E-state index contributed by atoms with van der Waals surface area (Å²) in [6.45, 7) is 4.40. The van der Waals surface area contributed by atoms with Crippen molar-refractivity contribution >= 4 is 35.1 Å². The molecule has 0 aromatic heterocycles. The molecule has 28 heavy (non-hydrogen) atoms. The summed E-state index contributed by atoms with van der Waals surface area (Å²) in [6, 6.07) is 17.3. The number of hydrogen-bond donors (Lipinski definition) is 0. The smallest absolute Gasteiger partial charge is 0.180 e. The lowest BCUT2D eigenvalue weighted by Crippen LogP contribution is -2.00. The molecular weight excluding hydrogens is 393 g/mol. The third-order valence-corrected chi connectivity index (χ3v) is 4.94. The van der Waals surface area contributed by atoms with Gasteiger partial charge in [-0.2, -0.15) is 0 Å². The fourth-order valence-corrected chi connectivity index (χ4v) is 3.28. The van der Waals surface area contributed by atoms with Crippen LogP contribution in [0.15, 0.2) is 59.6 Å². The molecule has 0 aliphatic carbocycles. The molecular formula is C23H21Cl2NO2. The van der Waals surface area contributed by atoms with Crippen molar-refractivity contribution in [2.45, 2.75) is 20.5 Å². The Balaban J connectivity index is 1.83. The minimum atomic E-state index is 0.297. The Labute approximate surface area is 175 Å². The van der Waals surface area contributed by atoms with E-state index in [0.717, 1.165) is 22.4 Å². The van der Waals surface area contributed by atoms with Crippen molar-refractivity contribution in [3.63, 3.8) is 0 Å². The van der Waals surface area contributed by atoms with Gasteiger partial charge in [-0.1, -0.05) is 59.1 Å². The molecule has 0 aliphatic heterocycles. The molecule has 0 fully saturated rings. The summed E-state index contributed by atoms with van der Waals surface area (Å²) >= 11 is 12.6. The van der Waals surface area contributed by atoms with Gasteiger partial charge in [0.1, 0.15) is 6.61 Å². The van der Waals surface area contributed by atoms with Crippen LogP contribution in [-0.4, -0.2) is 13.3 Å². The molecule has 5 heteroatoms. The topological polar surface area (TPSA) is 30.8 Å². The van der Waals surface area contributed by atoms with Crippen molar-refractivity contribution in [1.29, 1.82) is 0 Å². The summed E-state index contributed by atoms with van der Waals surface area (Å²) in [5, 5.41) is 1.10. The van der Waals surface area contributed by atoms with E-state index in [1.54, 1.807) is 19.4 Å². The molecule has 3 aromatic rings. The Morgan fingerprint density at radius 2 is 1.75 bits per heavy atom. The van der Waals surface area contributed by atoms with E-state index in [1.807, 2.05) is 49.4 Å². The number of rotatable bonds is 6. The standard InChI is InChI=1S/C23H21Cl2NO2/c1-15-8-9-21(16(2)10-15)26-13-17-11-20(25)23(22(12-17)27-3)28-14-18-6-4-5-7-19(18)24/h4-13H,14H2,1-3H3. The summed E-state index contributed by atoms with van der Waals surface area (Å²) in [5.41, 5.74) is 4.95. The molecule has 3 rings (SSSR count). The molecule has 0 N–H and O–H groups in total. The maximum Gasteiger partial charge on any atom is 0.180 e. The normalized spacial score (nSPS) is 11.0. The molecule has 3 nitrogen and oxygen atoms in total. The van der Waals surface area contributed by atoms with E-state index in [4.69, 9.17) is 32.7 Å². The van der Waals surface area contributed by atoms with E-state index in [0.29, 0.717) is 28.2 Å². The van der Waals surface area contributed by atoms with E-state index in [2.05, 4.69) is 18.0 Å². The fourth-order valence-electron chi connectivity index (χ4n) is 2.81. The Morgan fingerprint density at radius 1 is 0.964 bits per heavy atom. The predicted molar refractivity (Wildman–Crippen MR) is 117 cm³/mol. The van der Waals surface area contributed by atoms with Gasteiger partial charge >= 0.3 is 0 Å². The second kappa shape index (κ2) is 9.13. The largest absolute Gasteiger partial charge is 0.493 e. The maximum absolute atomic E-state index is 6.45. The summed E-state index contributed by atoms with van der Waals surface area (Å²) in [7, 11) is 1.58. The number of halogens is 2. The van der Waals surface area contributed by atoms with Gasteiger partial charge < -0.3 is 9.47 Å². The SMILES string of the molecule is COc1cc(C=Nc2ccc(C)cc2C)cc(Cl)c1OCc1ccccc1Cl. The quantitative estimate of drug-likeness (QED) is 0.409. The first-order valence-corrected chi connectivity index (χ1v) is 9.58. The molecule has 144 valence electrons. The van der Waals surface area contributed by atoms with Gasteiger partial charge in [-0.3, -0.25) is 4.99 Å². The summed E-state index contributed by atoms with van der Waals surface area (Å²) < 4.78 is 11.4. The average Bonchev–Trinajstić information content (AvgIpc) is 2.67. The molecule has 3 aromatic carbocycles. The van der Waals surface area contributed by atoms with Crippen LogP contribution in [0.5, 0.6) is 11.5 Å². The molecule has 0 bridgehead atoms. The lowest BCUT2D eigenvalue weighted by Gasteiger charge is -2.14. The van der Waals surface area contributed by atoms with Crippen molar-refractivity contribution in [1.82, 2.24) is 0 Å². The lowest BCUT2D eigenvalue weighted by atomic mass is 10.1. The van der Waals surface area contributed by atoms with Crippen molar-refractivity contribution in [2.75, 3.05) is 7.11 Å². The number of aliphatic imine (C=N–C) groups is 1. The second-order valence-electron chi connectivity index (χ2n) is 6.46. The first-order chi connectivity index (χ1) is 13.5. The third kappa shape index (κ3) is 4.86. The van der Waals surface area contributed by atoms with E-state index in [-0.39, 0.29) is 0 Å². The van der Waals surface area contributed by atoms with Crippen LogP contribution < -0.4 is 9.47 Å². The number of methoxy groups -OCH3 is 1. The van der Waals surface area contributed by atoms with E-state index in [1.165, 1.54) is 5.56 Å². The summed E-state index contributed by atoms with van der Waals surface area (Å²) in [4.78, 5) is 4.57. The maximum atomic E-state index is 6.45. The minimum Gasteiger partial charge on any atom is -0.493 e. The number of aryl methyl sites for hydroxylation is 2. The first kappa shape index (κ1) is 20.2. The van der Waals surface area contributed by atoms with Crippen molar-refractivity contribution in [3.8, 4) is 11.5 Å². The highest BCUT2D eigenvalue weighted by molar-refractivity contribution is 6.32. The van der Waals surface area contributed by atoms with Crippen molar-refractivity contribution in [2.24, 2.45) is 4.99 Å². The van der Waals surface area contributed by atoms with Gasteiger partial charge in [0.05, 0.1) is 17.8 Å². The highest BCUT2D eigenvalue weighted by Crippen LogP contribution is 2.37. The van der Waals surface area contributed by atoms with Crippen LogP contribution in [0, 0.1) is 13.8 Å². The van der Waals surface area contributed by atoms with E-state index in [9.17, 15) is 0 Å². The van der Waals surface area contributed by atoms with Crippen LogP contribution in [0.3, 0.4) is 0 Å². The van der Waals surface area contributed by atoms with Crippen LogP contribution in [-0.2, 0) is 6.61 Å². The number of hydrogen-bond acceptors (Lipinski definition) is 3. The number of ether oxygens (including phenoxy) is 2. The summed E-state index contributed by atoms with van der Waals surface area (Å²) in [5.74, 6) is 1.02. The zero-order valence-electron chi connectivity index (χ0n) is 16.0. The van der Waals surface area contributed by atoms with Gasteiger partial charge in [0.15, 0.2) is 11.5 Å². The van der Waals surface area contributed by atoms with Crippen LogP contribution in [0.4, 0.5) is 5.69 Å². The number of nitrogens with zero attached hydrogens (tertiary/aromatic N) is 1. The Kier molecular flexibility index (Phi) is 6.61. The average molecular weight is 414 g/mol. The minimum absolute atomic E-state index is 0.297. The van der Waals surface area contributed by atoms with Gasteiger partial charge in [-0.15, -0.1) is 0 Å². The Hall–Kier alpha value is -2.49. The third-order valence-electron chi connectivity index (χ3n) is 4.29. The molecule has 0 radical (unpaired) electrons. The van der Waals surface area contributed by atoms with Crippen molar-refractivity contribution in [3.05, 3.63) is 86.9 Å². The van der Waals surface area contributed by atoms with Gasteiger partial charge in [-0.05, 0) is 49.2 Å². The zero-order valence-corrected chi connectivity index (χ0v) is 17.5. The van der Waals surface area contributed by atoms with Gasteiger partial charge in [0.2, 0.25) is 0 Å². The van der Waals surface area contributed by atoms with Crippen LogP contribution >= 0.6 is 23.2 Å². The summed E-state index contributed by atoms with van der Waals surface area (Å²) in [6.07, 6.45) is 1.77. The molecule has 0 saturated heterocycles. The molecule has 0 aliphatic rings. The molecule has 0 unspecified atom stereocenters. The second-order valence-corrected chi connectivity index (χ2v) is 7.28. The molecule has 0 saturated carbocycles. The van der Waals surface area contributed by atoms with Gasteiger partial charge in [0, 0.05) is 16.8 Å². The van der Waals surface area contributed by atoms with Gasteiger partial charge in [0.25, 0.3) is 0 Å². The lowest BCUT2D eigenvalue weighted by molar-refractivity contribution is 0.285. The molecule has 0 heterocycles. The fraction of sp³-hybridized carbons (Fsp3) is 0.174. The van der Waals surface area contributed by atoms with Crippen LogP contribution in [0.25, 0.3) is 0 Å². The van der Waals surface area contributed by atoms with Crippen LogP contribution in [0.2, 0.25) is 10.0 Å². The molecule has 0 amide bonds. The monoisotopic (exact) mass is 413 g/mol. The molecule has 0 spiro atoms. The zero-order chi connectivity index (χ0) is 20.1. The highest BCUT2D eigenvalue weighted by Gasteiger charge is 2.12. The predicted octanol–water partition coefficient (Wildman–Crippen LogP) is 6.95. The molecule has 0 atom stereocenters. The van der Waals surface area contributed by atoms with Gasteiger partial charge in [-0.25, -0.2) is 0 Å². The van der Waals surface area contributed by atoms with E-state index < -0.39 is 0 Å². The Morgan fingerprint density at radius 3 is 2.46 bits per heavy atom. The Bertz CT molecular complexity index is 1020. The number of benzene rings is 3. The van der Waals surface area contributed by atoms with E-state index >= 15 is 0 Å². The highest BCUT2D eigenvalue weighted by atomic mass is 35.5. The van der Waals surface area contributed by atoms with Crippen molar-refractivity contribution < 1.29 is 9.47 Å².